The normalized spacial score (nSPS) is 22.5. The molecule has 3 unspecified atom stereocenters. The van der Waals surface area contributed by atoms with Crippen LogP contribution in [-0.4, -0.2) is 46.3 Å². The van der Waals surface area contributed by atoms with Gasteiger partial charge >= 0.3 is 24.6 Å². The van der Waals surface area contributed by atoms with Gasteiger partial charge in [0.15, 0.2) is 5.82 Å². The summed E-state index contributed by atoms with van der Waals surface area (Å²) in [5.41, 5.74) is -2.44. The van der Waals surface area contributed by atoms with Gasteiger partial charge < -0.3 is 9.64 Å². The molecule has 3 atom stereocenters. The SMILES string of the molecule is CC=C(C)c1cnc(N2CCCC(C(F)(F)F)C2)c(CN2C(=O)OC(c3cc(C(F)(F)F)cc(C(F)(F)F)c3)C2C)n1. The summed E-state index contributed by atoms with van der Waals surface area (Å²) in [6.45, 7) is 4.34. The third-order valence-electron chi connectivity index (χ3n) is 7.49. The number of nitrogens with zero attached hydrogens (tertiary/aromatic N) is 4. The quantitative estimate of drug-likeness (QED) is 0.324. The monoisotopic (exact) mass is 610 g/mol. The van der Waals surface area contributed by atoms with Gasteiger partial charge in [-0.1, -0.05) is 6.08 Å². The number of rotatable bonds is 5. The van der Waals surface area contributed by atoms with Crippen LogP contribution in [0.3, 0.4) is 0 Å². The number of carbonyl (C=O) groups excluding carboxylic acids is 1. The van der Waals surface area contributed by atoms with Crippen molar-refractivity contribution in [2.24, 2.45) is 5.92 Å². The highest BCUT2D eigenvalue weighted by Crippen LogP contribution is 2.42. The molecule has 3 heterocycles. The van der Waals surface area contributed by atoms with Crippen LogP contribution in [-0.2, 0) is 23.6 Å². The Kier molecular flexibility index (Phi) is 8.44. The topological polar surface area (TPSA) is 58.6 Å². The van der Waals surface area contributed by atoms with Crippen molar-refractivity contribution < 1.29 is 49.0 Å². The maximum Gasteiger partial charge on any atom is 0.416 e. The second-order valence-corrected chi connectivity index (χ2v) is 10.3. The Morgan fingerprint density at radius 2 is 1.67 bits per heavy atom. The van der Waals surface area contributed by atoms with Gasteiger partial charge in [-0.2, -0.15) is 39.5 Å². The van der Waals surface area contributed by atoms with Crippen molar-refractivity contribution in [3.05, 3.63) is 58.6 Å². The van der Waals surface area contributed by atoms with Gasteiger partial charge in [0.25, 0.3) is 0 Å². The standard InChI is InChI=1S/C27H27F9N4O2/c1-4-14(2)20-11-37-23(39-7-5-6-17(12-39)25(28,29)30)21(38-20)13-40-15(3)22(42-24(40)41)16-8-18(26(31,32)33)10-19(9-16)27(34,35)36/h4,8-11,15,17,22H,5-7,12-13H2,1-3H3. The molecule has 42 heavy (non-hydrogen) atoms. The minimum Gasteiger partial charge on any atom is -0.439 e. The van der Waals surface area contributed by atoms with Crippen LogP contribution < -0.4 is 4.90 Å². The maximum absolute atomic E-state index is 13.5. The van der Waals surface area contributed by atoms with E-state index in [1.54, 1.807) is 19.9 Å². The van der Waals surface area contributed by atoms with Crippen molar-refractivity contribution >= 4 is 17.5 Å². The lowest BCUT2D eigenvalue weighted by Crippen LogP contribution is -2.43. The van der Waals surface area contributed by atoms with Gasteiger partial charge in [0.2, 0.25) is 0 Å². The molecule has 0 radical (unpaired) electrons. The fourth-order valence-corrected chi connectivity index (χ4v) is 5.03. The second kappa shape index (κ2) is 11.3. The van der Waals surface area contributed by atoms with E-state index in [2.05, 4.69) is 9.97 Å². The smallest absolute Gasteiger partial charge is 0.416 e. The van der Waals surface area contributed by atoms with Crippen molar-refractivity contribution in [1.29, 1.82) is 0 Å². The van der Waals surface area contributed by atoms with Gasteiger partial charge in [-0.25, -0.2) is 14.8 Å². The maximum atomic E-state index is 13.5. The van der Waals surface area contributed by atoms with E-state index in [-0.39, 0.29) is 50.1 Å². The molecule has 2 aliphatic heterocycles. The Morgan fingerprint density at radius 1 is 1.05 bits per heavy atom. The summed E-state index contributed by atoms with van der Waals surface area (Å²) < 4.78 is 126. The van der Waals surface area contributed by atoms with Gasteiger partial charge in [0.1, 0.15) is 11.8 Å². The van der Waals surface area contributed by atoms with Crippen LogP contribution in [0.1, 0.15) is 67.8 Å². The number of allylic oxidation sites excluding steroid dienone is 2. The predicted octanol–water partition coefficient (Wildman–Crippen LogP) is 7.80. The number of cyclic esters (lactones) is 1. The highest BCUT2D eigenvalue weighted by atomic mass is 19.4. The number of amides is 1. The zero-order valence-corrected chi connectivity index (χ0v) is 22.7. The number of alkyl halides is 9. The number of carbonyl (C=O) groups is 1. The number of ether oxygens (including phenoxy) is 1. The number of hydrogen-bond donors (Lipinski definition) is 0. The molecule has 6 nitrogen and oxygen atoms in total. The molecule has 0 N–H and O–H groups in total. The number of hydrogen-bond acceptors (Lipinski definition) is 5. The molecule has 2 aliphatic rings. The van der Waals surface area contributed by atoms with Gasteiger partial charge in [-0.15, -0.1) is 0 Å². The summed E-state index contributed by atoms with van der Waals surface area (Å²) in [5.74, 6) is -1.51. The van der Waals surface area contributed by atoms with E-state index in [0.29, 0.717) is 23.4 Å². The molecule has 4 rings (SSSR count). The first-order chi connectivity index (χ1) is 19.4. The largest absolute Gasteiger partial charge is 0.439 e. The second-order valence-electron chi connectivity index (χ2n) is 10.3. The average molecular weight is 611 g/mol. The lowest BCUT2D eigenvalue weighted by molar-refractivity contribution is -0.176. The average Bonchev–Trinajstić information content (AvgIpc) is 3.19. The summed E-state index contributed by atoms with van der Waals surface area (Å²) >= 11 is 0. The highest BCUT2D eigenvalue weighted by molar-refractivity contribution is 5.71. The van der Waals surface area contributed by atoms with E-state index >= 15 is 0 Å². The van der Waals surface area contributed by atoms with Crippen molar-refractivity contribution in [3.8, 4) is 0 Å². The van der Waals surface area contributed by atoms with Crippen LogP contribution in [0.4, 0.5) is 50.1 Å². The van der Waals surface area contributed by atoms with Gasteiger partial charge in [-0.3, -0.25) is 4.90 Å². The fraction of sp³-hybridized carbons (Fsp3) is 0.519. The van der Waals surface area contributed by atoms with Crippen LogP contribution in [0.2, 0.25) is 0 Å². The van der Waals surface area contributed by atoms with E-state index in [9.17, 15) is 44.3 Å². The fourth-order valence-electron chi connectivity index (χ4n) is 5.03. The Morgan fingerprint density at radius 3 is 2.21 bits per heavy atom. The molecule has 1 aromatic carbocycles. The first kappa shape index (κ1) is 31.4. The molecular formula is C27H27F9N4O2. The number of aromatic nitrogens is 2. The molecule has 2 aromatic rings. The van der Waals surface area contributed by atoms with E-state index in [0.717, 1.165) is 4.90 Å². The molecule has 15 heteroatoms. The van der Waals surface area contributed by atoms with Crippen LogP contribution in [0, 0.1) is 5.92 Å². The Labute approximate surface area is 235 Å². The first-order valence-electron chi connectivity index (χ1n) is 13.0. The van der Waals surface area contributed by atoms with Crippen LogP contribution >= 0.6 is 0 Å². The van der Waals surface area contributed by atoms with Crippen LogP contribution in [0.5, 0.6) is 0 Å². The minimum atomic E-state index is -5.10. The number of piperidine rings is 1. The minimum absolute atomic E-state index is 0.0213. The molecule has 2 saturated heterocycles. The Balaban J connectivity index is 1.70. The zero-order valence-electron chi connectivity index (χ0n) is 22.7. The number of benzene rings is 1. The molecule has 1 amide bonds. The molecule has 0 saturated carbocycles. The van der Waals surface area contributed by atoms with E-state index < -0.39 is 59.4 Å². The molecule has 2 fully saturated rings. The van der Waals surface area contributed by atoms with Crippen molar-refractivity contribution in [1.82, 2.24) is 14.9 Å². The number of anilines is 1. The van der Waals surface area contributed by atoms with E-state index in [4.69, 9.17) is 4.74 Å². The van der Waals surface area contributed by atoms with Crippen LogP contribution in [0.25, 0.3) is 5.57 Å². The van der Waals surface area contributed by atoms with Crippen molar-refractivity contribution in [2.75, 3.05) is 18.0 Å². The molecular weight excluding hydrogens is 583 g/mol. The van der Waals surface area contributed by atoms with Crippen LogP contribution in [0.15, 0.2) is 30.5 Å². The van der Waals surface area contributed by atoms with Gasteiger partial charge in [0.05, 0.1) is 41.5 Å². The molecule has 1 aromatic heterocycles. The van der Waals surface area contributed by atoms with Gasteiger partial charge in [0, 0.05) is 13.1 Å². The van der Waals surface area contributed by atoms with Gasteiger partial charge in [-0.05, 0) is 62.9 Å². The molecule has 0 aliphatic carbocycles. The summed E-state index contributed by atoms with van der Waals surface area (Å²) in [6.07, 6.45) is -13.9. The summed E-state index contributed by atoms with van der Waals surface area (Å²) in [6, 6.07) is -0.0850. The van der Waals surface area contributed by atoms with Crippen molar-refractivity contribution in [3.63, 3.8) is 0 Å². The zero-order chi connectivity index (χ0) is 31.2. The molecule has 0 spiro atoms. The summed E-state index contributed by atoms with van der Waals surface area (Å²) in [5, 5.41) is 0. The summed E-state index contributed by atoms with van der Waals surface area (Å²) in [4.78, 5) is 24.3. The molecule has 230 valence electrons. The number of halogens is 9. The highest BCUT2D eigenvalue weighted by Gasteiger charge is 2.45. The van der Waals surface area contributed by atoms with E-state index in [1.165, 1.54) is 18.0 Å². The third kappa shape index (κ3) is 6.59. The predicted molar refractivity (Wildman–Crippen MR) is 133 cm³/mol. The Hall–Kier alpha value is -3.52. The first-order valence-corrected chi connectivity index (χ1v) is 13.0. The summed E-state index contributed by atoms with van der Waals surface area (Å²) in [7, 11) is 0. The van der Waals surface area contributed by atoms with E-state index in [1.807, 2.05) is 0 Å². The molecule has 0 bridgehead atoms. The lowest BCUT2D eigenvalue weighted by Gasteiger charge is -2.35. The lowest BCUT2D eigenvalue weighted by atomic mass is 9.97. The van der Waals surface area contributed by atoms with Crippen molar-refractivity contribution in [2.45, 2.75) is 70.8 Å². The Bertz CT molecular complexity index is 1320. The third-order valence-corrected chi connectivity index (χ3v) is 7.49.